The topological polar surface area (TPSA) is 138 Å². The second-order valence-electron chi connectivity index (χ2n) is 12.4. The van der Waals surface area contributed by atoms with Crippen LogP contribution in [0.1, 0.15) is 29.7 Å². The van der Waals surface area contributed by atoms with Gasteiger partial charge < -0.3 is 25.7 Å². The summed E-state index contributed by atoms with van der Waals surface area (Å²) in [5, 5.41) is 10.7. The summed E-state index contributed by atoms with van der Waals surface area (Å²) in [5.41, 5.74) is 7.34. The van der Waals surface area contributed by atoms with Crippen LogP contribution < -0.4 is 26.2 Å². The zero-order valence-electron chi connectivity index (χ0n) is 27.9. The van der Waals surface area contributed by atoms with E-state index in [2.05, 4.69) is 30.9 Å². The molecule has 2 aromatic carbocycles. The first-order chi connectivity index (χ1) is 24.9. The number of halogens is 2. The third kappa shape index (κ3) is 7.52. The van der Waals surface area contributed by atoms with E-state index in [1.807, 2.05) is 66.9 Å². The monoisotopic (exact) mass is 722 g/mol. The van der Waals surface area contributed by atoms with Crippen LogP contribution in [0, 0.1) is 0 Å². The quantitative estimate of drug-likeness (QED) is 0.109. The molecule has 6 aromatic rings. The molecule has 0 spiro atoms. The Hall–Kier alpha value is -5.07. The molecule has 5 heterocycles. The highest BCUT2D eigenvalue weighted by molar-refractivity contribution is 6.39. The molecule has 0 saturated carbocycles. The van der Waals surface area contributed by atoms with Crippen LogP contribution in [0.3, 0.4) is 0 Å². The van der Waals surface area contributed by atoms with Crippen molar-refractivity contribution in [2.75, 3.05) is 20.2 Å². The number of imidazole rings is 1. The summed E-state index contributed by atoms with van der Waals surface area (Å²) in [4.78, 5) is 41.3. The summed E-state index contributed by atoms with van der Waals surface area (Å²) in [6.45, 7) is 2.31. The molecule has 1 saturated heterocycles. The maximum absolute atomic E-state index is 13.3. The molecule has 51 heavy (non-hydrogen) atoms. The summed E-state index contributed by atoms with van der Waals surface area (Å²) < 4.78 is 7.19. The number of hydrogen-bond acceptors (Lipinski definition) is 8. The number of ether oxygens (including phenoxy) is 1. The van der Waals surface area contributed by atoms with Crippen molar-refractivity contribution in [3.8, 4) is 39.4 Å². The Morgan fingerprint density at radius 1 is 0.922 bits per heavy atom. The number of methoxy groups -OCH3 is 1. The molecule has 7 rings (SSSR count). The van der Waals surface area contributed by atoms with Crippen LogP contribution in [0.5, 0.6) is 5.88 Å². The molecular weight excluding hydrogens is 687 g/mol. The van der Waals surface area contributed by atoms with Crippen molar-refractivity contribution in [3.05, 3.63) is 123 Å². The van der Waals surface area contributed by atoms with Crippen molar-refractivity contribution in [2.45, 2.75) is 38.4 Å². The lowest BCUT2D eigenvalue weighted by molar-refractivity contribution is -0.119. The van der Waals surface area contributed by atoms with Gasteiger partial charge in [0.1, 0.15) is 5.65 Å². The number of hydrogen-bond donors (Lipinski definition) is 4. The van der Waals surface area contributed by atoms with Crippen molar-refractivity contribution in [2.24, 2.45) is 0 Å². The maximum atomic E-state index is 13.3. The van der Waals surface area contributed by atoms with Gasteiger partial charge in [-0.2, -0.15) is 0 Å². The average molecular weight is 724 g/mol. The Balaban J connectivity index is 1.10. The normalized spacial score (nSPS) is 14.3. The SMILES string of the molecule is COc1nc(-c2cccc(-c3cccc(-c4ccn5c(=O)c(CNCCc6c[nH]cn6)cnc5c4)c3Cl)c2Cl)ccc1CNC[C@@H]1CCC(=O)N1. The largest absolute Gasteiger partial charge is 0.481 e. The van der Waals surface area contributed by atoms with Crippen LogP contribution in [-0.4, -0.2) is 56.5 Å². The first-order valence-electron chi connectivity index (χ1n) is 16.7. The van der Waals surface area contributed by atoms with E-state index in [1.165, 1.54) is 0 Å². The lowest BCUT2D eigenvalue weighted by Gasteiger charge is -2.16. The summed E-state index contributed by atoms with van der Waals surface area (Å²) >= 11 is 14.2. The Kier molecular flexibility index (Phi) is 10.4. The van der Waals surface area contributed by atoms with Gasteiger partial charge in [0.05, 0.1) is 34.9 Å². The molecule has 4 aromatic heterocycles. The molecule has 0 radical (unpaired) electrons. The number of amides is 1. The molecule has 11 nitrogen and oxygen atoms in total. The zero-order chi connectivity index (χ0) is 35.3. The van der Waals surface area contributed by atoms with Crippen molar-refractivity contribution in [1.82, 2.24) is 40.3 Å². The minimum Gasteiger partial charge on any atom is -0.481 e. The van der Waals surface area contributed by atoms with E-state index in [1.54, 1.807) is 30.2 Å². The van der Waals surface area contributed by atoms with Crippen LogP contribution in [-0.2, 0) is 24.3 Å². The molecule has 0 bridgehead atoms. The Morgan fingerprint density at radius 2 is 1.69 bits per heavy atom. The van der Waals surface area contributed by atoms with Gasteiger partial charge in [-0.05, 0) is 30.2 Å². The highest BCUT2D eigenvalue weighted by Gasteiger charge is 2.21. The third-order valence-corrected chi connectivity index (χ3v) is 9.82. The number of carbonyl (C=O) groups excluding carboxylic acids is 1. The number of rotatable bonds is 13. The van der Waals surface area contributed by atoms with Crippen LogP contribution in [0.15, 0.2) is 90.4 Å². The summed E-state index contributed by atoms with van der Waals surface area (Å²) in [7, 11) is 1.59. The number of H-pyrrole nitrogens is 1. The molecule has 1 fully saturated rings. The fourth-order valence-corrected chi connectivity index (χ4v) is 6.97. The van der Waals surface area contributed by atoms with E-state index in [-0.39, 0.29) is 17.5 Å². The first kappa shape index (κ1) is 34.4. The molecule has 1 aliphatic rings. The Labute approximate surface area is 304 Å². The van der Waals surface area contributed by atoms with E-state index >= 15 is 0 Å². The second-order valence-corrected chi connectivity index (χ2v) is 13.1. The number of pyridine rings is 2. The van der Waals surface area contributed by atoms with E-state index in [0.717, 1.165) is 51.9 Å². The minimum atomic E-state index is -0.129. The number of nitrogens with zero attached hydrogens (tertiary/aromatic N) is 4. The third-order valence-electron chi connectivity index (χ3n) is 9.01. The molecule has 260 valence electrons. The molecule has 0 unspecified atom stereocenters. The smallest absolute Gasteiger partial charge is 0.262 e. The summed E-state index contributed by atoms with van der Waals surface area (Å²) in [6, 6.07) is 19.3. The number of carbonyl (C=O) groups is 1. The molecule has 1 aliphatic heterocycles. The lowest BCUT2D eigenvalue weighted by atomic mass is 9.97. The van der Waals surface area contributed by atoms with Crippen LogP contribution in [0.4, 0.5) is 0 Å². The van der Waals surface area contributed by atoms with E-state index in [9.17, 15) is 9.59 Å². The van der Waals surface area contributed by atoms with Crippen molar-refractivity contribution in [3.63, 3.8) is 0 Å². The summed E-state index contributed by atoms with van der Waals surface area (Å²) in [6.07, 6.45) is 9.02. The summed E-state index contributed by atoms with van der Waals surface area (Å²) in [5.74, 6) is 0.590. The molecule has 1 atom stereocenters. The predicted molar refractivity (Wildman–Crippen MR) is 199 cm³/mol. The number of benzene rings is 2. The maximum Gasteiger partial charge on any atom is 0.262 e. The van der Waals surface area contributed by atoms with Gasteiger partial charge in [0.2, 0.25) is 11.8 Å². The van der Waals surface area contributed by atoms with Crippen molar-refractivity contribution >= 4 is 34.8 Å². The lowest BCUT2D eigenvalue weighted by Crippen LogP contribution is -2.35. The van der Waals surface area contributed by atoms with Gasteiger partial charge in [-0.1, -0.05) is 65.7 Å². The molecule has 13 heteroatoms. The standard InChI is InChI=1S/C38H36Cl2N8O3/c1-51-37-24(17-42-21-27-9-11-34(49)46-27)8-10-32(47-37)31-7-3-6-30(36(31)40)29-5-2-4-28(35(29)39)23-13-15-48-33(16-23)44-19-25(38(48)50)18-41-14-12-26-20-43-22-45-26/h2-8,10,13,15-16,19-20,22,27,41-42H,9,11-12,14,17-18,21H2,1H3,(H,43,45)(H,46,49)/t27-/m0/s1. The van der Waals surface area contributed by atoms with E-state index < -0.39 is 0 Å². The van der Waals surface area contributed by atoms with Gasteiger partial charge in [0.15, 0.2) is 0 Å². The number of nitrogens with one attached hydrogen (secondary N) is 4. The highest BCUT2D eigenvalue weighted by atomic mass is 35.5. The van der Waals surface area contributed by atoms with Gasteiger partial charge in [-0.25, -0.2) is 15.0 Å². The van der Waals surface area contributed by atoms with E-state index in [0.29, 0.717) is 65.4 Å². The van der Waals surface area contributed by atoms with Gasteiger partial charge in [0, 0.05) is 97.0 Å². The average Bonchev–Trinajstić information content (AvgIpc) is 3.83. The number of fused-ring (bicyclic) bond motifs is 1. The molecule has 0 aliphatic carbocycles. The van der Waals surface area contributed by atoms with Crippen molar-refractivity contribution in [1.29, 1.82) is 0 Å². The van der Waals surface area contributed by atoms with Crippen LogP contribution >= 0.6 is 23.2 Å². The fraction of sp³-hybridized carbons (Fsp3) is 0.237. The Morgan fingerprint density at radius 3 is 2.43 bits per heavy atom. The highest BCUT2D eigenvalue weighted by Crippen LogP contribution is 2.42. The Bertz CT molecular complexity index is 2260. The minimum absolute atomic E-state index is 0.0952. The van der Waals surface area contributed by atoms with Crippen LogP contribution in [0.25, 0.3) is 39.2 Å². The van der Waals surface area contributed by atoms with Gasteiger partial charge >= 0.3 is 0 Å². The van der Waals surface area contributed by atoms with Crippen molar-refractivity contribution < 1.29 is 9.53 Å². The van der Waals surface area contributed by atoms with Gasteiger partial charge in [-0.15, -0.1) is 0 Å². The second kappa shape index (κ2) is 15.4. The predicted octanol–water partition coefficient (Wildman–Crippen LogP) is 5.83. The van der Waals surface area contributed by atoms with Gasteiger partial charge in [0.25, 0.3) is 5.56 Å². The van der Waals surface area contributed by atoms with E-state index in [4.69, 9.17) is 32.9 Å². The molecule has 1 amide bonds. The van der Waals surface area contributed by atoms with Crippen LogP contribution in [0.2, 0.25) is 10.0 Å². The van der Waals surface area contributed by atoms with Gasteiger partial charge in [-0.3, -0.25) is 14.0 Å². The zero-order valence-corrected chi connectivity index (χ0v) is 29.4. The number of aromatic nitrogens is 5. The fourth-order valence-electron chi connectivity index (χ4n) is 6.31. The molecule has 4 N–H and O–H groups in total. The molecular formula is C38H36Cl2N8O3. The number of aromatic amines is 1. The first-order valence-corrected chi connectivity index (χ1v) is 17.5.